The molecule has 3 aliphatic rings. The Morgan fingerprint density at radius 2 is 1.67 bits per heavy atom. The maximum Gasteiger partial charge on any atom is 0.327 e. The number of rotatable bonds is 7. The molecule has 0 radical (unpaired) electrons. The molecule has 36 heavy (non-hydrogen) atoms. The molecule has 7 nitrogen and oxygen atoms in total. The van der Waals surface area contributed by atoms with E-state index in [9.17, 15) is 14.4 Å². The van der Waals surface area contributed by atoms with Crippen molar-refractivity contribution in [3.8, 4) is 0 Å². The van der Waals surface area contributed by atoms with Gasteiger partial charge in [0.25, 0.3) is 5.91 Å². The van der Waals surface area contributed by atoms with Crippen LogP contribution in [0.5, 0.6) is 0 Å². The molecule has 3 aliphatic heterocycles. The van der Waals surface area contributed by atoms with Crippen LogP contribution in [0, 0.1) is 5.41 Å². The number of amides is 4. The summed E-state index contributed by atoms with van der Waals surface area (Å²) in [5.74, 6) is 0.0435. The number of carbonyl (C=O) groups excluding carboxylic acids is 3. The van der Waals surface area contributed by atoms with Crippen LogP contribution in [-0.4, -0.2) is 69.8 Å². The van der Waals surface area contributed by atoms with E-state index in [1.165, 1.54) is 4.90 Å². The molecule has 2 unspecified atom stereocenters. The van der Waals surface area contributed by atoms with E-state index in [1.54, 1.807) is 7.05 Å². The van der Waals surface area contributed by atoms with Gasteiger partial charge in [-0.3, -0.25) is 19.4 Å². The van der Waals surface area contributed by atoms with E-state index in [0.717, 1.165) is 31.4 Å². The molecular formula is C28H43ClN4O3. The first-order chi connectivity index (χ1) is 16.4. The van der Waals surface area contributed by atoms with Gasteiger partial charge in [0.1, 0.15) is 5.54 Å². The summed E-state index contributed by atoms with van der Waals surface area (Å²) in [5, 5.41) is 3.29. The number of halogens is 1. The Bertz CT molecular complexity index is 947. The van der Waals surface area contributed by atoms with Crippen molar-refractivity contribution in [2.24, 2.45) is 5.41 Å². The first-order valence-corrected chi connectivity index (χ1v) is 13.1. The number of nitrogens with one attached hydrogen (secondary N) is 1. The molecule has 1 aromatic rings. The maximum atomic E-state index is 13.3. The Hall–Kier alpha value is -2.12. The van der Waals surface area contributed by atoms with Gasteiger partial charge < -0.3 is 10.2 Å². The summed E-state index contributed by atoms with van der Waals surface area (Å²) in [7, 11) is 1.62. The van der Waals surface area contributed by atoms with E-state index in [0.29, 0.717) is 19.3 Å². The molecule has 1 spiro atoms. The zero-order chi connectivity index (χ0) is 25.5. The van der Waals surface area contributed by atoms with Crippen LogP contribution in [0.15, 0.2) is 30.3 Å². The van der Waals surface area contributed by atoms with E-state index in [1.807, 2.05) is 36.9 Å². The van der Waals surface area contributed by atoms with Crippen LogP contribution in [0.1, 0.15) is 84.7 Å². The summed E-state index contributed by atoms with van der Waals surface area (Å²) in [6.45, 7) is 11.1. The first kappa shape index (κ1) is 28.5. The fourth-order valence-electron chi connectivity index (χ4n) is 6.63. The average molecular weight is 519 g/mol. The topological polar surface area (TPSA) is 73.0 Å². The number of benzene rings is 1. The first-order valence-electron chi connectivity index (χ1n) is 13.1. The normalized spacial score (nSPS) is 27.1. The SMILES string of the molecule is CC(C)N1C(=O)N(C)C(=O)C12CC1CCC(C2)N1CC[C@H](NC(=O)CC(C)(C)C)c1ccccc1.Cl. The van der Waals surface area contributed by atoms with Crippen LogP contribution in [0.3, 0.4) is 0 Å². The van der Waals surface area contributed by atoms with Gasteiger partial charge >= 0.3 is 6.03 Å². The van der Waals surface area contributed by atoms with Crippen LogP contribution in [0.25, 0.3) is 0 Å². The van der Waals surface area contributed by atoms with E-state index in [2.05, 4.69) is 43.1 Å². The maximum absolute atomic E-state index is 13.3. The summed E-state index contributed by atoms with van der Waals surface area (Å²) in [4.78, 5) is 44.7. The Labute approximate surface area is 222 Å². The van der Waals surface area contributed by atoms with Crippen molar-refractivity contribution in [2.75, 3.05) is 13.6 Å². The van der Waals surface area contributed by atoms with E-state index >= 15 is 0 Å². The summed E-state index contributed by atoms with van der Waals surface area (Å²) in [6.07, 6.45) is 4.81. The number of hydrogen-bond acceptors (Lipinski definition) is 4. The van der Waals surface area contributed by atoms with Crippen LogP contribution in [-0.2, 0) is 9.59 Å². The number of piperidine rings is 1. The smallest absolute Gasteiger partial charge is 0.327 e. The molecule has 3 atom stereocenters. The lowest BCUT2D eigenvalue weighted by molar-refractivity contribution is -0.137. The predicted octanol–water partition coefficient (Wildman–Crippen LogP) is 4.76. The second kappa shape index (κ2) is 10.7. The highest BCUT2D eigenvalue weighted by Crippen LogP contribution is 2.48. The monoisotopic (exact) mass is 518 g/mol. The van der Waals surface area contributed by atoms with E-state index < -0.39 is 5.54 Å². The fraction of sp³-hybridized carbons (Fsp3) is 0.679. The van der Waals surface area contributed by atoms with Crippen molar-refractivity contribution < 1.29 is 14.4 Å². The minimum absolute atomic E-state index is 0. The highest BCUT2D eigenvalue weighted by atomic mass is 35.5. The molecule has 4 rings (SSSR count). The zero-order valence-corrected chi connectivity index (χ0v) is 23.4. The summed E-state index contributed by atoms with van der Waals surface area (Å²) in [5.41, 5.74) is 0.355. The summed E-state index contributed by atoms with van der Waals surface area (Å²) < 4.78 is 0. The number of carbonyl (C=O) groups is 3. The Kier molecular flexibility index (Phi) is 8.46. The van der Waals surface area contributed by atoms with Gasteiger partial charge in [0, 0.05) is 38.1 Å². The molecular weight excluding hydrogens is 476 g/mol. The highest BCUT2D eigenvalue weighted by Gasteiger charge is 2.62. The second-order valence-corrected chi connectivity index (χ2v) is 12.2. The van der Waals surface area contributed by atoms with Crippen molar-refractivity contribution in [3.05, 3.63) is 35.9 Å². The number of hydrogen-bond donors (Lipinski definition) is 1. The van der Waals surface area contributed by atoms with Crippen LogP contribution in [0.2, 0.25) is 0 Å². The molecule has 3 fully saturated rings. The molecule has 4 amide bonds. The number of fused-ring (bicyclic) bond motifs is 2. The minimum atomic E-state index is -0.706. The van der Waals surface area contributed by atoms with Crippen LogP contribution >= 0.6 is 12.4 Å². The van der Waals surface area contributed by atoms with Gasteiger partial charge in [-0.25, -0.2) is 4.79 Å². The van der Waals surface area contributed by atoms with Crippen LogP contribution in [0.4, 0.5) is 4.79 Å². The van der Waals surface area contributed by atoms with Gasteiger partial charge in [0.05, 0.1) is 6.04 Å². The fourth-order valence-corrected chi connectivity index (χ4v) is 6.63. The summed E-state index contributed by atoms with van der Waals surface area (Å²) >= 11 is 0. The molecule has 3 heterocycles. The lowest BCUT2D eigenvalue weighted by Crippen LogP contribution is -2.61. The number of likely N-dealkylation sites (N-methyl/N-ethyl adjacent to an activating group) is 1. The van der Waals surface area contributed by atoms with Gasteiger partial charge in [-0.2, -0.15) is 0 Å². The zero-order valence-electron chi connectivity index (χ0n) is 22.6. The van der Waals surface area contributed by atoms with Crippen molar-refractivity contribution in [1.29, 1.82) is 0 Å². The molecule has 0 aliphatic carbocycles. The van der Waals surface area contributed by atoms with Crippen molar-refractivity contribution in [2.45, 2.75) is 103 Å². The van der Waals surface area contributed by atoms with Gasteiger partial charge in [-0.05, 0) is 56.9 Å². The average Bonchev–Trinajstić information content (AvgIpc) is 3.12. The third-order valence-electron chi connectivity index (χ3n) is 8.00. The van der Waals surface area contributed by atoms with Gasteiger partial charge in [0.2, 0.25) is 5.91 Å². The van der Waals surface area contributed by atoms with Crippen molar-refractivity contribution in [3.63, 3.8) is 0 Å². The molecule has 2 bridgehead atoms. The van der Waals surface area contributed by atoms with Gasteiger partial charge in [-0.1, -0.05) is 51.1 Å². The Balaban J connectivity index is 0.00000361. The van der Waals surface area contributed by atoms with Crippen LogP contribution < -0.4 is 5.32 Å². The lowest BCUT2D eigenvalue weighted by Gasteiger charge is -2.48. The van der Waals surface area contributed by atoms with Crippen molar-refractivity contribution >= 4 is 30.3 Å². The minimum Gasteiger partial charge on any atom is -0.349 e. The molecule has 8 heteroatoms. The third-order valence-corrected chi connectivity index (χ3v) is 8.00. The number of imide groups is 1. The lowest BCUT2D eigenvalue weighted by atomic mass is 9.80. The van der Waals surface area contributed by atoms with E-state index in [-0.39, 0.29) is 59.8 Å². The Morgan fingerprint density at radius 3 is 2.19 bits per heavy atom. The van der Waals surface area contributed by atoms with Gasteiger partial charge in [0.15, 0.2) is 0 Å². The number of nitrogens with zero attached hydrogens (tertiary/aromatic N) is 3. The van der Waals surface area contributed by atoms with Crippen molar-refractivity contribution in [1.82, 2.24) is 20.0 Å². The molecule has 1 N–H and O–H groups in total. The van der Waals surface area contributed by atoms with E-state index in [4.69, 9.17) is 0 Å². The largest absolute Gasteiger partial charge is 0.349 e. The highest BCUT2D eigenvalue weighted by molar-refractivity contribution is 6.07. The Morgan fingerprint density at radius 1 is 1.08 bits per heavy atom. The number of urea groups is 1. The standard InChI is InChI=1S/C28H42N4O3.ClH/c1-19(2)32-26(35)30(6)25(34)28(32)16-21-12-13-22(17-28)31(21)15-14-23(20-10-8-7-9-11-20)29-24(33)18-27(3,4)5;/h7-11,19,21-23H,12-18H2,1-6H3,(H,29,33);1H/t21?,22?,23-,28?;/m0./s1. The molecule has 1 aromatic carbocycles. The molecule has 0 aromatic heterocycles. The molecule has 200 valence electrons. The molecule has 0 saturated carbocycles. The van der Waals surface area contributed by atoms with Gasteiger partial charge in [-0.15, -0.1) is 12.4 Å². The quantitative estimate of drug-likeness (QED) is 0.528. The molecule has 3 saturated heterocycles. The summed E-state index contributed by atoms with van der Waals surface area (Å²) in [6, 6.07) is 10.5. The predicted molar refractivity (Wildman–Crippen MR) is 144 cm³/mol. The third kappa shape index (κ3) is 5.42. The second-order valence-electron chi connectivity index (χ2n) is 12.2.